The Balaban J connectivity index is 1.38. The zero-order chi connectivity index (χ0) is 24.8. The van der Waals surface area contributed by atoms with Gasteiger partial charge in [0.05, 0.1) is 11.0 Å². The van der Waals surface area contributed by atoms with Crippen LogP contribution in [-0.4, -0.2) is 19.3 Å². The van der Waals surface area contributed by atoms with Crippen molar-refractivity contribution in [3.63, 3.8) is 0 Å². The Morgan fingerprint density at radius 2 is 0.892 bits per heavy atom. The summed E-state index contributed by atoms with van der Waals surface area (Å²) in [4.78, 5) is 0. The SMILES string of the molecule is Cc1ccc(-n2c(-c3ccccc3)nnc2-c2ccc(-n3c4ccccc4c4ccccc43)cc2)cc1. The Labute approximate surface area is 215 Å². The molecule has 5 aromatic carbocycles. The Morgan fingerprint density at radius 3 is 1.49 bits per heavy atom. The molecule has 0 N–H and O–H groups in total. The quantitative estimate of drug-likeness (QED) is 0.258. The molecule has 0 atom stereocenters. The average Bonchev–Trinajstić information content (AvgIpc) is 3.54. The molecule has 7 rings (SSSR count). The van der Waals surface area contributed by atoms with Crippen LogP contribution < -0.4 is 0 Å². The Morgan fingerprint density at radius 1 is 0.432 bits per heavy atom. The van der Waals surface area contributed by atoms with E-state index in [4.69, 9.17) is 0 Å². The van der Waals surface area contributed by atoms with Crippen LogP contribution in [0, 0.1) is 6.92 Å². The molecule has 0 bridgehead atoms. The summed E-state index contributed by atoms with van der Waals surface area (Å²) in [6, 6.07) is 44.5. The van der Waals surface area contributed by atoms with Crippen molar-refractivity contribution in [1.29, 1.82) is 0 Å². The minimum atomic E-state index is 0.816. The number of hydrogen-bond acceptors (Lipinski definition) is 2. The first-order chi connectivity index (χ1) is 18.3. The van der Waals surface area contributed by atoms with Gasteiger partial charge in [-0.25, -0.2) is 0 Å². The molecule has 0 saturated carbocycles. The van der Waals surface area contributed by atoms with Crippen LogP contribution in [0.5, 0.6) is 0 Å². The molecule has 4 nitrogen and oxygen atoms in total. The lowest BCUT2D eigenvalue weighted by molar-refractivity contribution is 1.07. The van der Waals surface area contributed by atoms with E-state index < -0.39 is 0 Å². The molecular weight excluding hydrogens is 452 g/mol. The maximum atomic E-state index is 4.66. The van der Waals surface area contributed by atoms with Gasteiger partial charge in [0.2, 0.25) is 0 Å². The maximum Gasteiger partial charge on any atom is 0.168 e. The Bertz CT molecular complexity index is 1810. The van der Waals surface area contributed by atoms with E-state index in [2.05, 4.69) is 135 Å². The number of fused-ring (bicyclic) bond motifs is 3. The van der Waals surface area contributed by atoms with Crippen LogP contribution in [0.2, 0.25) is 0 Å². The zero-order valence-electron chi connectivity index (χ0n) is 20.4. The molecule has 0 aliphatic heterocycles. The third kappa shape index (κ3) is 3.54. The first-order valence-corrected chi connectivity index (χ1v) is 12.4. The number of benzene rings is 5. The second-order valence-corrected chi connectivity index (χ2v) is 9.30. The van der Waals surface area contributed by atoms with Crippen molar-refractivity contribution in [2.45, 2.75) is 6.92 Å². The van der Waals surface area contributed by atoms with Crippen molar-refractivity contribution in [3.8, 4) is 34.2 Å². The lowest BCUT2D eigenvalue weighted by Gasteiger charge is -2.12. The van der Waals surface area contributed by atoms with Gasteiger partial charge in [0.1, 0.15) is 0 Å². The lowest BCUT2D eigenvalue weighted by Crippen LogP contribution is -2.01. The summed E-state index contributed by atoms with van der Waals surface area (Å²) in [5, 5.41) is 11.8. The van der Waals surface area contributed by atoms with E-state index in [1.807, 2.05) is 18.2 Å². The number of para-hydroxylation sites is 2. The predicted molar refractivity (Wildman–Crippen MR) is 151 cm³/mol. The highest BCUT2D eigenvalue weighted by molar-refractivity contribution is 6.09. The van der Waals surface area contributed by atoms with Gasteiger partial charge in [0, 0.05) is 33.3 Å². The Hall–Kier alpha value is -4.96. The van der Waals surface area contributed by atoms with Crippen LogP contribution in [0.4, 0.5) is 0 Å². The highest BCUT2D eigenvalue weighted by Gasteiger charge is 2.18. The molecular formula is C33H24N4. The van der Waals surface area contributed by atoms with Crippen LogP contribution in [0.1, 0.15) is 5.56 Å². The summed E-state index contributed by atoms with van der Waals surface area (Å²) in [6.45, 7) is 2.10. The molecule has 0 amide bonds. The molecule has 0 radical (unpaired) electrons. The maximum absolute atomic E-state index is 4.66. The fraction of sp³-hybridized carbons (Fsp3) is 0.0303. The van der Waals surface area contributed by atoms with E-state index >= 15 is 0 Å². The fourth-order valence-electron chi connectivity index (χ4n) is 5.14. The van der Waals surface area contributed by atoms with Crippen molar-refractivity contribution >= 4 is 21.8 Å². The van der Waals surface area contributed by atoms with Crippen LogP contribution in [0.15, 0.2) is 127 Å². The lowest BCUT2D eigenvalue weighted by atomic mass is 10.1. The summed E-state index contributed by atoms with van der Waals surface area (Å²) in [7, 11) is 0. The van der Waals surface area contributed by atoms with Gasteiger partial charge in [-0.2, -0.15) is 0 Å². The molecule has 7 aromatic rings. The van der Waals surface area contributed by atoms with Gasteiger partial charge in [-0.3, -0.25) is 4.57 Å². The fourth-order valence-corrected chi connectivity index (χ4v) is 5.14. The smallest absolute Gasteiger partial charge is 0.168 e. The second kappa shape index (κ2) is 8.61. The number of hydrogen-bond donors (Lipinski definition) is 0. The minimum absolute atomic E-state index is 0.816. The molecule has 0 aliphatic rings. The summed E-state index contributed by atoms with van der Waals surface area (Å²) in [5.41, 5.74) is 7.82. The molecule has 0 unspecified atom stereocenters. The average molecular weight is 477 g/mol. The largest absolute Gasteiger partial charge is 0.309 e. The molecule has 4 heteroatoms. The summed E-state index contributed by atoms with van der Waals surface area (Å²) in [6.07, 6.45) is 0. The highest BCUT2D eigenvalue weighted by atomic mass is 15.3. The number of rotatable bonds is 4. The first-order valence-electron chi connectivity index (χ1n) is 12.4. The van der Waals surface area contributed by atoms with Crippen LogP contribution in [0.25, 0.3) is 56.0 Å². The van der Waals surface area contributed by atoms with E-state index in [1.165, 1.54) is 27.4 Å². The van der Waals surface area contributed by atoms with Crippen molar-refractivity contribution < 1.29 is 0 Å². The normalized spacial score (nSPS) is 11.4. The second-order valence-electron chi connectivity index (χ2n) is 9.30. The minimum Gasteiger partial charge on any atom is -0.309 e. The molecule has 37 heavy (non-hydrogen) atoms. The molecule has 2 aromatic heterocycles. The van der Waals surface area contributed by atoms with Crippen LogP contribution >= 0.6 is 0 Å². The third-order valence-electron chi connectivity index (χ3n) is 6.95. The van der Waals surface area contributed by atoms with Gasteiger partial charge >= 0.3 is 0 Å². The van der Waals surface area contributed by atoms with E-state index in [1.54, 1.807) is 0 Å². The molecule has 0 spiro atoms. The van der Waals surface area contributed by atoms with Gasteiger partial charge in [-0.1, -0.05) is 84.4 Å². The summed E-state index contributed by atoms with van der Waals surface area (Å²) >= 11 is 0. The van der Waals surface area contributed by atoms with Crippen LogP contribution in [-0.2, 0) is 0 Å². The van der Waals surface area contributed by atoms with Gasteiger partial charge in [-0.15, -0.1) is 10.2 Å². The van der Waals surface area contributed by atoms with Crippen molar-refractivity contribution in [1.82, 2.24) is 19.3 Å². The van der Waals surface area contributed by atoms with Crippen molar-refractivity contribution in [2.24, 2.45) is 0 Å². The molecule has 0 aliphatic carbocycles. The molecule has 176 valence electrons. The summed E-state index contributed by atoms with van der Waals surface area (Å²) in [5.74, 6) is 1.64. The zero-order valence-corrected chi connectivity index (χ0v) is 20.4. The highest BCUT2D eigenvalue weighted by Crippen LogP contribution is 2.33. The number of aryl methyl sites for hydroxylation is 1. The summed E-state index contributed by atoms with van der Waals surface area (Å²) < 4.78 is 4.47. The number of nitrogens with zero attached hydrogens (tertiary/aromatic N) is 4. The van der Waals surface area contributed by atoms with Gasteiger partial charge in [0.15, 0.2) is 11.6 Å². The van der Waals surface area contributed by atoms with Gasteiger partial charge < -0.3 is 4.57 Å². The van der Waals surface area contributed by atoms with Crippen molar-refractivity contribution in [2.75, 3.05) is 0 Å². The van der Waals surface area contributed by atoms with Gasteiger partial charge in [-0.05, 0) is 55.5 Å². The monoisotopic (exact) mass is 476 g/mol. The van der Waals surface area contributed by atoms with Crippen LogP contribution in [0.3, 0.4) is 0 Å². The standard InChI is InChI=1S/C33H24N4/c1-23-15-19-27(20-16-23)37-32(24-9-3-2-4-10-24)34-35-33(37)25-17-21-26(22-18-25)36-30-13-7-5-11-28(30)29-12-6-8-14-31(29)36/h2-22H,1H3. The van der Waals surface area contributed by atoms with Gasteiger partial charge in [0.25, 0.3) is 0 Å². The number of aromatic nitrogens is 4. The van der Waals surface area contributed by atoms with E-state index in [0.29, 0.717) is 0 Å². The topological polar surface area (TPSA) is 35.6 Å². The predicted octanol–water partition coefficient (Wildman–Crippen LogP) is 8.01. The molecule has 2 heterocycles. The molecule has 0 fully saturated rings. The first kappa shape index (κ1) is 21.3. The van der Waals surface area contributed by atoms with E-state index in [-0.39, 0.29) is 0 Å². The Kier molecular flexibility index (Phi) is 4.96. The van der Waals surface area contributed by atoms with E-state index in [9.17, 15) is 0 Å². The third-order valence-corrected chi connectivity index (χ3v) is 6.95. The van der Waals surface area contributed by atoms with Crippen molar-refractivity contribution in [3.05, 3.63) is 133 Å². The van der Waals surface area contributed by atoms with E-state index in [0.717, 1.165) is 34.2 Å². The molecule has 0 saturated heterocycles.